The zero-order valence-corrected chi connectivity index (χ0v) is 10.8. The average Bonchev–Trinajstić information content (AvgIpc) is 2.19. The van der Waals surface area contributed by atoms with Gasteiger partial charge in [-0.1, -0.05) is 0 Å². The molecule has 0 saturated carbocycles. The summed E-state index contributed by atoms with van der Waals surface area (Å²) in [6.45, 7) is 0.200. The largest absolute Gasteiger partial charge is 0.355 e. The number of nitrogens with two attached hydrogens (primary N) is 1. The van der Waals surface area contributed by atoms with Gasteiger partial charge in [0.15, 0.2) is 0 Å². The number of nitrogens with one attached hydrogen (secondary N) is 1. The van der Waals surface area contributed by atoms with E-state index in [0.29, 0.717) is 6.42 Å². The molecular formula is C8H18N2O4S2. The summed E-state index contributed by atoms with van der Waals surface area (Å²) < 4.78 is 29.2. The van der Waals surface area contributed by atoms with E-state index in [0.717, 1.165) is 5.75 Å². The molecule has 8 heteroatoms. The van der Waals surface area contributed by atoms with Gasteiger partial charge in [0, 0.05) is 6.54 Å². The Morgan fingerprint density at radius 1 is 1.56 bits per heavy atom. The number of hydrogen-bond donors (Lipinski definition) is 3. The van der Waals surface area contributed by atoms with Gasteiger partial charge in [0.1, 0.15) is 0 Å². The van der Waals surface area contributed by atoms with Crippen molar-refractivity contribution in [2.75, 3.05) is 24.3 Å². The SMILES string of the molecule is CSCC[C@H](N)C(=O)NCCCS(=O)(=O)O. The zero-order valence-electron chi connectivity index (χ0n) is 9.18. The molecule has 0 aliphatic carbocycles. The van der Waals surface area contributed by atoms with Crippen molar-refractivity contribution in [2.45, 2.75) is 18.9 Å². The highest BCUT2D eigenvalue weighted by atomic mass is 32.2. The molecule has 0 saturated heterocycles. The molecule has 0 unspecified atom stereocenters. The van der Waals surface area contributed by atoms with E-state index in [9.17, 15) is 13.2 Å². The predicted molar refractivity (Wildman–Crippen MR) is 65.0 cm³/mol. The Morgan fingerprint density at radius 3 is 2.69 bits per heavy atom. The Kier molecular flexibility index (Phi) is 7.73. The quantitative estimate of drug-likeness (QED) is 0.404. The van der Waals surface area contributed by atoms with Gasteiger partial charge >= 0.3 is 0 Å². The third-order valence-electron chi connectivity index (χ3n) is 1.85. The molecule has 0 aromatic carbocycles. The summed E-state index contributed by atoms with van der Waals surface area (Å²) in [7, 11) is -3.94. The first-order chi connectivity index (χ1) is 7.37. The minimum atomic E-state index is -3.94. The van der Waals surface area contributed by atoms with Gasteiger partial charge in [-0.2, -0.15) is 20.2 Å². The van der Waals surface area contributed by atoms with Gasteiger partial charge in [-0.3, -0.25) is 9.35 Å². The van der Waals surface area contributed by atoms with Crippen molar-refractivity contribution in [2.24, 2.45) is 5.73 Å². The van der Waals surface area contributed by atoms with Crippen LogP contribution in [0.15, 0.2) is 0 Å². The summed E-state index contributed by atoms with van der Waals surface area (Å²) >= 11 is 1.61. The van der Waals surface area contributed by atoms with E-state index in [1.807, 2.05) is 6.26 Å². The van der Waals surface area contributed by atoms with Crippen molar-refractivity contribution >= 4 is 27.8 Å². The molecule has 96 valence electrons. The number of rotatable bonds is 8. The van der Waals surface area contributed by atoms with Crippen LogP contribution in [-0.2, 0) is 14.9 Å². The van der Waals surface area contributed by atoms with Crippen LogP contribution in [0.3, 0.4) is 0 Å². The number of carbonyl (C=O) groups excluding carboxylic acids is 1. The van der Waals surface area contributed by atoms with Gasteiger partial charge < -0.3 is 11.1 Å². The Bertz CT molecular complexity index is 305. The molecule has 6 nitrogen and oxygen atoms in total. The van der Waals surface area contributed by atoms with Gasteiger partial charge in [0.25, 0.3) is 10.1 Å². The highest BCUT2D eigenvalue weighted by molar-refractivity contribution is 7.98. The fourth-order valence-electron chi connectivity index (χ4n) is 0.973. The summed E-state index contributed by atoms with van der Waals surface area (Å²) in [5, 5.41) is 2.52. The van der Waals surface area contributed by atoms with Crippen LogP contribution in [0.1, 0.15) is 12.8 Å². The third kappa shape index (κ3) is 8.96. The topological polar surface area (TPSA) is 109 Å². The predicted octanol–water partition coefficient (Wildman–Crippen LogP) is -0.539. The lowest BCUT2D eigenvalue weighted by Gasteiger charge is -2.10. The van der Waals surface area contributed by atoms with Gasteiger partial charge in [-0.15, -0.1) is 0 Å². The number of hydrogen-bond acceptors (Lipinski definition) is 5. The second-order valence-electron chi connectivity index (χ2n) is 3.32. The lowest BCUT2D eigenvalue weighted by molar-refractivity contribution is -0.122. The normalized spacial score (nSPS) is 13.4. The van der Waals surface area contributed by atoms with Crippen LogP contribution in [0, 0.1) is 0 Å². The molecular weight excluding hydrogens is 252 g/mol. The first-order valence-corrected chi connectivity index (χ1v) is 7.84. The van der Waals surface area contributed by atoms with Crippen molar-refractivity contribution in [1.29, 1.82) is 0 Å². The molecule has 0 rings (SSSR count). The fraction of sp³-hybridized carbons (Fsp3) is 0.875. The van der Waals surface area contributed by atoms with Crippen LogP contribution in [0.25, 0.3) is 0 Å². The maximum Gasteiger partial charge on any atom is 0.264 e. The van der Waals surface area contributed by atoms with Crippen molar-refractivity contribution < 1.29 is 17.8 Å². The second kappa shape index (κ2) is 7.88. The van der Waals surface area contributed by atoms with Crippen LogP contribution in [0.4, 0.5) is 0 Å². The van der Waals surface area contributed by atoms with Crippen molar-refractivity contribution in [3.8, 4) is 0 Å². The minimum absolute atomic E-state index is 0.180. The molecule has 0 bridgehead atoms. The molecule has 0 aromatic heterocycles. The maximum atomic E-state index is 11.3. The zero-order chi connectivity index (χ0) is 12.6. The minimum Gasteiger partial charge on any atom is -0.355 e. The van der Waals surface area contributed by atoms with Gasteiger partial charge in [-0.05, 0) is 24.9 Å². The summed E-state index contributed by atoms with van der Waals surface area (Å²) in [5.41, 5.74) is 5.58. The van der Waals surface area contributed by atoms with E-state index in [4.69, 9.17) is 10.3 Å². The van der Waals surface area contributed by atoms with E-state index in [1.54, 1.807) is 11.8 Å². The first-order valence-electron chi connectivity index (χ1n) is 4.84. The lowest BCUT2D eigenvalue weighted by atomic mass is 10.2. The Hall–Kier alpha value is -0.310. The van der Waals surface area contributed by atoms with Crippen LogP contribution >= 0.6 is 11.8 Å². The summed E-state index contributed by atoms with van der Waals surface area (Å²) in [6.07, 6.45) is 2.70. The molecule has 0 aliphatic rings. The molecule has 16 heavy (non-hydrogen) atoms. The Morgan fingerprint density at radius 2 is 2.19 bits per heavy atom. The lowest BCUT2D eigenvalue weighted by Crippen LogP contribution is -2.41. The monoisotopic (exact) mass is 270 g/mol. The smallest absolute Gasteiger partial charge is 0.264 e. The highest BCUT2D eigenvalue weighted by Gasteiger charge is 2.12. The van der Waals surface area contributed by atoms with Crippen molar-refractivity contribution in [3.63, 3.8) is 0 Å². The number of thioether (sulfide) groups is 1. The van der Waals surface area contributed by atoms with Crippen LogP contribution in [-0.4, -0.2) is 49.2 Å². The van der Waals surface area contributed by atoms with Crippen LogP contribution in [0.5, 0.6) is 0 Å². The van der Waals surface area contributed by atoms with E-state index in [2.05, 4.69) is 5.32 Å². The van der Waals surface area contributed by atoms with E-state index >= 15 is 0 Å². The van der Waals surface area contributed by atoms with E-state index in [1.165, 1.54) is 0 Å². The van der Waals surface area contributed by atoms with E-state index in [-0.39, 0.29) is 24.6 Å². The van der Waals surface area contributed by atoms with Crippen molar-refractivity contribution in [1.82, 2.24) is 5.32 Å². The van der Waals surface area contributed by atoms with Crippen LogP contribution in [0.2, 0.25) is 0 Å². The number of amides is 1. The molecule has 0 aliphatic heterocycles. The molecule has 4 N–H and O–H groups in total. The molecule has 1 atom stereocenters. The maximum absolute atomic E-state index is 11.3. The third-order valence-corrected chi connectivity index (χ3v) is 3.30. The summed E-state index contributed by atoms with van der Waals surface area (Å²) in [4.78, 5) is 11.3. The fourth-order valence-corrected chi connectivity index (χ4v) is 1.97. The van der Waals surface area contributed by atoms with Crippen LogP contribution < -0.4 is 11.1 Å². The van der Waals surface area contributed by atoms with Crippen molar-refractivity contribution in [3.05, 3.63) is 0 Å². The molecule has 0 spiro atoms. The molecule has 0 aromatic rings. The standard InChI is InChI=1S/C8H18N2O4S2/c1-15-5-3-7(9)8(11)10-4-2-6-16(12,13)14/h7H,2-6,9H2,1H3,(H,10,11)(H,12,13,14)/t7-/m0/s1. The van der Waals surface area contributed by atoms with Gasteiger partial charge in [0.2, 0.25) is 5.91 Å². The summed E-state index contributed by atoms with van der Waals surface area (Å²) in [6, 6.07) is -0.557. The number of carbonyl (C=O) groups is 1. The molecule has 0 heterocycles. The second-order valence-corrected chi connectivity index (χ2v) is 5.88. The summed E-state index contributed by atoms with van der Waals surface area (Å²) in [5.74, 6) is 0.164. The average molecular weight is 270 g/mol. The van der Waals surface area contributed by atoms with E-state index < -0.39 is 16.2 Å². The van der Waals surface area contributed by atoms with Gasteiger partial charge in [-0.25, -0.2) is 0 Å². The van der Waals surface area contributed by atoms with Gasteiger partial charge in [0.05, 0.1) is 11.8 Å². The Labute approximate surface area is 100 Å². The molecule has 0 radical (unpaired) electrons. The molecule has 1 amide bonds. The molecule has 0 fully saturated rings. The highest BCUT2D eigenvalue weighted by Crippen LogP contribution is 1.98. The Balaban J connectivity index is 3.65. The first kappa shape index (κ1) is 15.7.